The third-order valence-electron chi connectivity index (χ3n) is 14.9. The normalized spacial score (nSPS) is 20.4. The average Bonchev–Trinajstić information content (AvgIpc) is 4.00. The molecule has 2 aliphatic heterocycles. The first-order valence-electron chi connectivity index (χ1n) is 24.7. The highest BCUT2D eigenvalue weighted by atomic mass is 16.5. The summed E-state index contributed by atoms with van der Waals surface area (Å²) in [5.74, 6) is -0.573. The number of ether oxygens (including phenoxy) is 2. The van der Waals surface area contributed by atoms with E-state index in [0.29, 0.717) is 45.8 Å². The Kier molecular flexibility index (Phi) is 16.5. The number of aromatic nitrogens is 4. The summed E-state index contributed by atoms with van der Waals surface area (Å²) < 4.78 is 11.1. The Morgan fingerprint density at radius 3 is 2.02 bits per heavy atom. The quantitative estimate of drug-likeness (QED) is 0.0494. The smallest absolute Gasteiger partial charge is 0.321 e. The van der Waals surface area contributed by atoms with Crippen LogP contribution in [0.2, 0.25) is 0 Å². The highest BCUT2D eigenvalue weighted by molar-refractivity contribution is 6.23. The van der Waals surface area contributed by atoms with E-state index in [9.17, 15) is 19.2 Å². The van der Waals surface area contributed by atoms with Crippen LogP contribution in [0.5, 0.6) is 0 Å². The van der Waals surface area contributed by atoms with Crippen molar-refractivity contribution in [1.82, 2.24) is 19.9 Å². The lowest BCUT2D eigenvalue weighted by Crippen LogP contribution is -2.21. The minimum Gasteiger partial charge on any atom is -0.468 e. The van der Waals surface area contributed by atoms with Crippen molar-refractivity contribution >= 4 is 45.6 Å². The predicted molar refractivity (Wildman–Crippen MR) is 261 cm³/mol. The van der Waals surface area contributed by atoms with Crippen LogP contribution in [0.3, 0.4) is 0 Å². The first-order chi connectivity index (χ1) is 30.9. The van der Waals surface area contributed by atoms with Gasteiger partial charge in [0.2, 0.25) is 0 Å². The zero-order valence-corrected chi connectivity index (χ0v) is 41.5. The number of nitrogens with zero attached hydrogens (tertiary/aromatic N) is 2. The molecular formula is C55H76N4O6. The van der Waals surface area contributed by atoms with Crippen LogP contribution in [-0.2, 0) is 19.1 Å². The molecule has 8 bridgehead atoms. The van der Waals surface area contributed by atoms with Crippen molar-refractivity contribution in [2.75, 3.05) is 13.7 Å². The largest absolute Gasteiger partial charge is 0.468 e. The molecule has 10 nitrogen and oxygen atoms in total. The molecule has 0 saturated carbocycles. The summed E-state index contributed by atoms with van der Waals surface area (Å²) in [5, 5.41) is 0. The zero-order chi connectivity index (χ0) is 47.3. The molecule has 7 atom stereocenters. The van der Waals surface area contributed by atoms with Gasteiger partial charge in [0.15, 0.2) is 11.6 Å². The summed E-state index contributed by atoms with van der Waals surface area (Å²) in [7, 11) is 1.30. The predicted octanol–water partition coefficient (Wildman–Crippen LogP) is 13.5. The van der Waals surface area contributed by atoms with Gasteiger partial charge in [-0.25, -0.2) is 0 Å². The SMILES string of the molecule is CCC1c2cc3[nH]c4c(c3C)C(=O)C(C(=O)OC)c4c3nc(cc4[nH]c(cc(n2)C1C)c(C(C)=O)c4C)C(C)C3CCC(=O)OCC=C(C)CCCC(C)CCCC(C)CCCC(C)C. The van der Waals surface area contributed by atoms with Gasteiger partial charge < -0.3 is 19.4 Å². The van der Waals surface area contributed by atoms with Gasteiger partial charge in [0.05, 0.1) is 23.8 Å². The molecule has 6 rings (SSSR count). The van der Waals surface area contributed by atoms with Gasteiger partial charge in [0.25, 0.3) is 0 Å². The van der Waals surface area contributed by atoms with Gasteiger partial charge in [0.1, 0.15) is 12.5 Å². The number of methoxy groups -OCH3 is 1. The molecule has 1 aliphatic carbocycles. The zero-order valence-electron chi connectivity index (χ0n) is 41.5. The van der Waals surface area contributed by atoms with E-state index in [0.717, 1.165) is 70.3 Å². The number of rotatable bonds is 20. The topological polar surface area (TPSA) is 144 Å². The fourth-order valence-electron chi connectivity index (χ4n) is 10.8. The second-order valence-electron chi connectivity index (χ2n) is 20.3. The molecule has 2 N–H and O–H groups in total. The van der Waals surface area contributed by atoms with Crippen LogP contribution in [0.4, 0.5) is 0 Å². The van der Waals surface area contributed by atoms with Crippen molar-refractivity contribution in [2.45, 2.75) is 183 Å². The Hall–Kier alpha value is -4.86. The molecule has 352 valence electrons. The average molecular weight is 889 g/mol. The maximum atomic E-state index is 14.4. The van der Waals surface area contributed by atoms with Crippen LogP contribution in [0.1, 0.15) is 229 Å². The fraction of sp³-hybridized carbons (Fsp3) is 0.600. The van der Waals surface area contributed by atoms with Crippen LogP contribution in [0.25, 0.3) is 22.1 Å². The lowest BCUT2D eigenvalue weighted by molar-refractivity contribution is -0.143. The molecule has 5 heterocycles. The van der Waals surface area contributed by atoms with Crippen LogP contribution >= 0.6 is 0 Å². The maximum absolute atomic E-state index is 14.4. The molecule has 3 aromatic heterocycles. The third kappa shape index (κ3) is 11.1. The lowest BCUT2D eigenvalue weighted by atomic mass is 9.84. The minimum atomic E-state index is -1.21. The van der Waals surface area contributed by atoms with Crippen molar-refractivity contribution in [1.29, 1.82) is 0 Å². The van der Waals surface area contributed by atoms with E-state index >= 15 is 0 Å². The number of nitrogens with one attached hydrogen (secondary N) is 2. The Balaban J connectivity index is 1.25. The van der Waals surface area contributed by atoms with Gasteiger partial charge in [0, 0.05) is 74.9 Å². The van der Waals surface area contributed by atoms with E-state index in [1.54, 1.807) is 6.92 Å². The Labute approximate surface area is 387 Å². The van der Waals surface area contributed by atoms with E-state index in [4.69, 9.17) is 19.4 Å². The van der Waals surface area contributed by atoms with Crippen molar-refractivity contribution in [3.63, 3.8) is 0 Å². The van der Waals surface area contributed by atoms with Crippen LogP contribution < -0.4 is 0 Å². The Morgan fingerprint density at radius 2 is 1.37 bits per heavy atom. The molecule has 0 amide bonds. The molecule has 3 aromatic rings. The molecule has 0 aromatic carbocycles. The van der Waals surface area contributed by atoms with Crippen LogP contribution in [0.15, 0.2) is 29.8 Å². The van der Waals surface area contributed by atoms with Crippen molar-refractivity contribution in [2.24, 2.45) is 17.8 Å². The minimum absolute atomic E-state index is 0.0532. The van der Waals surface area contributed by atoms with Gasteiger partial charge >= 0.3 is 11.9 Å². The molecule has 65 heavy (non-hydrogen) atoms. The Morgan fingerprint density at radius 1 is 0.769 bits per heavy atom. The second-order valence-corrected chi connectivity index (χ2v) is 20.3. The summed E-state index contributed by atoms with van der Waals surface area (Å²) in [6, 6.07) is 5.99. The van der Waals surface area contributed by atoms with E-state index in [1.807, 2.05) is 38.1 Å². The first-order valence-corrected chi connectivity index (χ1v) is 24.7. The number of fused-ring (bicyclic) bond motifs is 8. The molecule has 0 fully saturated rings. The van der Waals surface area contributed by atoms with Crippen molar-refractivity contribution in [3.05, 3.63) is 80.4 Å². The van der Waals surface area contributed by atoms with Gasteiger partial charge in [-0.15, -0.1) is 0 Å². The summed E-state index contributed by atoms with van der Waals surface area (Å²) in [6.45, 7) is 23.5. The summed E-state index contributed by atoms with van der Waals surface area (Å²) in [4.78, 5) is 72.1. The number of hydrogen-bond donors (Lipinski definition) is 2. The Bertz CT molecular complexity index is 2450. The number of carbonyl (C=O) groups excluding carboxylic acids is 4. The number of esters is 2. The second kappa shape index (κ2) is 21.6. The highest BCUT2D eigenvalue weighted by Crippen LogP contribution is 2.48. The van der Waals surface area contributed by atoms with Gasteiger partial charge in [-0.1, -0.05) is 99.0 Å². The van der Waals surface area contributed by atoms with Crippen LogP contribution in [-0.4, -0.2) is 57.2 Å². The maximum Gasteiger partial charge on any atom is 0.321 e. The fourth-order valence-corrected chi connectivity index (χ4v) is 10.8. The number of aryl methyl sites for hydroxylation is 2. The lowest BCUT2D eigenvalue weighted by Gasteiger charge is -2.18. The highest BCUT2D eigenvalue weighted by Gasteiger charge is 2.45. The van der Waals surface area contributed by atoms with Gasteiger partial charge in [-0.2, -0.15) is 0 Å². The van der Waals surface area contributed by atoms with E-state index in [2.05, 4.69) is 65.4 Å². The van der Waals surface area contributed by atoms with E-state index in [1.165, 1.54) is 57.6 Å². The summed E-state index contributed by atoms with van der Waals surface area (Å²) in [6.07, 6.45) is 14.6. The first kappa shape index (κ1) is 49.6. The van der Waals surface area contributed by atoms with E-state index in [-0.39, 0.29) is 54.2 Å². The number of aromatic amines is 2. The molecular weight excluding hydrogens is 813 g/mol. The standard InChI is InChI=1S/C55H76N4O6/c1-13-39-34(7)41-29-46-48(38(11)60)36(9)43(57-46)27-42-35(8)40(52(58-42)50-51(55(63)64-12)54(62)49-37(10)44(59-53(49)50)28-45(39)56-41)23-24-47(61)65-26-25-33(6)22-16-21-32(5)20-15-19-31(4)18-14-17-30(2)3/h25,27-32,34-35,39-40,51,57,59H,13-24,26H2,1-12H3. The monoisotopic (exact) mass is 889 g/mol. The summed E-state index contributed by atoms with van der Waals surface area (Å²) >= 11 is 0. The van der Waals surface area contributed by atoms with Crippen molar-refractivity contribution < 1.29 is 28.7 Å². The molecule has 7 unspecified atom stereocenters. The number of allylic oxidation sites excluding steroid dienone is 1. The third-order valence-corrected chi connectivity index (χ3v) is 14.9. The molecule has 3 aliphatic rings. The van der Waals surface area contributed by atoms with Crippen molar-refractivity contribution in [3.8, 4) is 0 Å². The molecule has 0 spiro atoms. The number of H-pyrrole nitrogens is 2. The van der Waals surface area contributed by atoms with Gasteiger partial charge in [-0.05, 0) is 107 Å². The summed E-state index contributed by atoms with van der Waals surface area (Å²) in [5.41, 5.74) is 10.1. The molecule has 0 radical (unpaired) electrons. The van der Waals surface area contributed by atoms with Crippen LogP contribution in [0, 0.1) is 31.6 Å². The number of hydrogen-bond acceptors (Lipinski definition) is 8. The van der Waals surface area contributed by atoms with E-state index < -0.39 is 11.9 Å². The van der Waals surface area contributed by atoms with Gasteiger partial charge in [-0.3, -0.25) is 29.1 Å². The molecule has 10 heteroatoms. The number of carbonyl (C=O) groups is 4. The number of Topliss-reactive ketones (excluding diaryl/α,β-unsaturated/α-hetero) is 2. The number of ketones is 2. The molecule has 0 saturated heterocycles.